The summed E-state index contributed by atoms with van der Waals surface area (Å²) in [4.78, 5) is 6.45. The quantitative estimate of drug-likeness (QED) is 0.930. The maximum absolute atomic E-state index is 6.07. The molecule has 0 aromatic heterocycles. The Morgan fingerprint density at radius 2 is 2.16 bits per heavy atom. The van der Waals surface area contributed by atoms with Crippen LogP contribution in [0.1, 0.15) is 13.8 Å². The first-order chi connectivity index (χ1) is 8.97. The zero-order valence-corrected chi connectivity index (χ0v) is 12.4. The normalized spacial score (nSPS) is 18.4. The minimum Gasteiger partial charge on any atom is -0.463 e. The van der Waals surface area contributed by atoms with Crippen LogP contribution in [0.4, 0.5) is 5.69 Å². The summed E-state index contributed by atoms with van der Waals surface area (Å²) in [6.07, 6.45) is 0. The molecule has 1 atom stereocenters. The highest BCUT2D eigenvalue weighted by Crippen LogP contribution is 2.28. The van der Waals surface area contributed by atoms with E-state index >= 15 is 0 Å². The van der Waals surface area contributed by atoms with Gasteiger partial charge < -0.3 is 15.4 Å². The highest BCUT2D eigenvalue weighted by atomic mass is 35.5. The third-order valence-corrected chi connectivity index (χ3v) is 3.74. The van der Waals surface area contributed by atoms with Gasteiger partial charge in [0, 0.05) is 18.3 Å². The lowest BCUT2D eigenvalue weighted by Gasteiger charge is -2.30. The highest BCUT2D eigenvalue weighted by molar-refractivity contribution is 6.42. The van der Waals surface area contributed by atoms with Crippen LogP contribution in [-0.4, -0.2) is 31.3 Å². The van der Waals surface area contributed by atoms with Crippen LogP contribution in [-0.2, 0) is 4.74 Å². The lowest BCUT2D eigenvalue weighted by atomic mass is 10.2. The van der Waals surface area contributed by atoms with Crippen molar-refractivity contribution in [1.29, 1.82) is 0 Å². The summed E-state index contributed by atoms with van der Waals surface area (Å²) in [6.45, 7) is 5.49. The molecule has 0 radical (unpaired) electrons. The summed E-state index contributed by atoms with van der Waals surface area (Å²) >= 11 is 12.0. The first-order valence-electron chi connectivity index (χ1n) is 6.15. The van der Waals surface area contributed by atoms with E-state index in [1.807, 2.05) is 12.1 Å². The zero-order valence-electron chi connectivity index (χ0n) is 10.9. The molecule has 1 aliphatic rings. The van der Waals surface area contributed by atoms with Crippen molar-refractivity contribution in [2.24, 2.45) is 10.7 Å². The van der Waals surface area contributed by atoms with Gasteiger partial charge in [-0.1, -0.05) is 23.2 Å². The second kappa shape index (κ2) is 5.88. The Hall–Kier alpha value is -1.13. The van der Waals surface area contributed by atoms with Gasteiger partial charge in [0.25, 0.3) is 6.02 Å². The van der Waals surface area contributed by atoms with Crippen LogP contribution in [0.5, 0.6) is 0 Å². The topological polar surface area (TPSA) is 50.9 Å². The minimum atomic E-state index is 0.0526. The van der Waals surface area contributed by atoms with Crippen molar-refractivity contribution in [3.8, 4) is 0 Å². The Bertz CT molecular complexity index is 491. The number of halogens is 2. The summed E-state index contributed by atoms with van der Waals surface area (Å²) in [7, 11) is 0. The monoisotopic (exact) mass is 301 g/mol. The standard InChI is InChI=1S/C13H17Cl2N3O/c1-8(2)18(6-9-7-19-13(16)17-9)10-3-4-11(14)12(15)5-10/h3-5,8-9H,6-7H2,1-2H3,(H2,16,17). The number of benzene rings is 1. The van der Waals surface area contributed by atoms with Gasteiger partial charge in [0.05, 0.1) is 10.0 Å². The molecule has 19 heavy (non-hydrogen) atoms. The zero-order chi connectivity index (χ0) is 14.0. The lowest BCUT2D eigenvalue weighted by molar-refractivity contribution is 0.312. The van der Waals surface area contributed by atoms with Gasteiger partial charge in [-0.3, -0.25) is 0 Å². The van der Waals surface area contributed by atoms with E-state index in [0.29, 0.717) is 22.7 Å². The molecule has 0 saturated carbocycles. The number of ether oxygens (including phenoxy) is 1. The van der Waals surface area contributed by atoms with Crippen LogP contribution in [0, 0.1) is 0 Å². The predicted molar refractivity (Wildman–Crippen MR) is 80.3 cm³/mol. The van der Waals surface area contributed by atoms with Gasteiger partial charge in [0.2, 0.25) is 0 Å². The minimum absolute atomic E-state index is 0.0526. The number of aliphatic imine (C=N–C) groups is 1. The fraction of sp³-hybridized carbons (Fsp3) is 0.462. The largest absolute Gasteiger partial charge is 0.463 e. The molecule has 1 unspecified atom stereocenters. The highest BCUT2D eigenvalue weighted by Gasteiger charge is 2.22. The molecule has 1 aliphatic heterocycles. The average Bonchev–Trinajstić information content (AvgIpc) is 2.75. The molecule has 1 aromatic carbocycles. The van der Waals surface area contributed by atoms with Gasteiger partial charge in [0.1, 0.15) is 12.6 Å². The predicted octanol–water partition coefficient (Wildman–Crippen LogP) is 2.92. The molecule has 0 saturated heterocycles. The van der Waals surface area contributed by atoms with Crippen molar-refractivity contribution in [1.82, 2.24) is 0 Å². The number of anilines is 1. The van der Waals surface area contributed by atoms with Crippen LogP contribution in [0.3, 0.4) is 0 Å². The molecule has 0 spiro atoms. The number of hydrogen-bond acceptors (Lipinski definition) is 4. The average molecular weight is 302 g/mol. The molecule has 4 nitrogen and oxygen atoms in total. The van der Waals surface area contributed by atoms with Gasteiger partial charge >= 0.3 is 0 Å². The van der Waals surface area contributed by atoms with Crippen molar-refractivity contribution < 1.29 is 4.74 Å². The molecule has 0 fully saturated rings. The Kier molecular flexibility index (Phi) is 4.42. The third-order valence-electron chi connectivity index (χ3n) is 3.00. The Labute approximate surface area is 123 Å². The van der Waals surface area contributed by atoms with Gasteiger partial charge in [-0.25, -0.2) is 4.99 Å². The number of hydrogen-bond donors (Lipinski definition) is 1. The molecule has 2 rings (SSSR count). The number of rotatable bonds is 4. The lowest BCUT2D eigenvalue weighted by Crippen LogP contribution is -2.37. The Morgan fingerprint density at radius 1 is 1.42 bits per heavy atom. The molecule has 0 bridgehead atoms. The summed E-state index contributed by atoms with van der Waals surface area (Å²) in [6, 6.07) is 6.26. The first kappa shape index (κ1) is 14.3. The van der Waals surface area contributed by atoms with Crippen LogP contribution in [0.2, 0.25) is 10.0 Å². The molecule has 104 valence electrons. The molecule has 0 aliphatic carbocycles. The van der Waals surface area contributed by atoms with Crippen molar-refractivity contribution in [3.63, 3.8) is 0 Å². The van der Waals surface area contributed by atoms with E-state index in [9.17, 15) is 0 Å². The van der Waals surface area contributed by atoms with Crippen molar-refractivity contribution in [2.75, 3.05) is 18.1 Å². The SMILES string of the molecule is CC(C)N(CC1COC(N)=N1)c1ccc(Cl)c(Cl)c1. The summed E-state index contributed by atoms with van der Waals surface area (Å²) in [5.41, 5.74) is 6.55. The molecule has 6 heteroatoms. The smallest absolute Gasteiger partial charge is 0.282 e. The van der Waals surface area contributed by atoms with E-state index in [0.717, 1.165) is 12.2 Å². The van der Waals surface area contributed by atoms with Gasteiger partial charge in [-0.05, 0) is 32.0 Å². The van der Waals surface area contributed by atoms with E-state index < -0.39 is 0 Å². The molecule has 1 aromatic rings. The Balaban J connectivity index is 2.17. The second-order valence-corrected chi connectivity index (χ2v) is 5.59. The second-order valence-electron chi connectivity index (χ2n) is 4.78. The maximum Gasteiger partial charge on any atom is 0.282 e. The fourth-order valence-electron chi connectivity index (χ4n) is 2.03. The van der Waals surface area contributed by atoms with Gasteiger partial charge in [-0.2, -0.15) is 0 Å². The van der Waals surface area contributed by atoms with Gasteiger partial charge in [-0.15, -0.1) is 0 Å². The third kappa shape index (κ3) is 3.45. The van der Waals surface area contributed by atoms with Gasteiger partial charge in [0.15, 0.2) is 0 Å². The molecule has 2 N–H and O–H groups in total. The van der Waals surface area contributed by atoms with Crippen LogP contribution >= 0.6 is 23.2 Å². The van der Waals surface area contributed by atoms with Crippen molar-refractivity contribution in [2.45, 2.75) is 25.9 Å². The summed E-state index contributed by atoms with van der Waals surface area (Å²) < 4.78 is 5.18. The van der Waals surface area contributed by atoms with Crippen LogP contribution < -0.4 is 10.6 Å². The molecule has 1 heterocycles. The van der Waals surface area contributed by atoms with E-state index in [-0.39, 0.29) is 12.1 Å². The summed E-state index contributed by atoms with van der Waals surface area (Å²) in [5, 5.41) is 1.11. The molecular weight excluding hydrogens is 285 g/mol. The first-order valence-corrected chi connectivity index (χ1v) is 6.90. The van der Waals surface area contributed by atoms with E-state index in [1.165, 1.54) is 0 Å². The fourth-order valence-corrected chi connectivity index (χ4v) is 2.33. The Morgan fingerprint density at radius 3 is 2.68 bits per heavy atom. The van der Waals surface area contributed by atoms with Crippen molar-refractivity contribution in [3.05, 3.63) is 28.2 Å². The van der Waals surface area contributed by atoms with Crippen LogP contribution in [0.25, 0.3) is 0 Å². The maximum atomic E-state index is 6.07. The van der Waals surface area contributed by atoms with E-state index in [4.69, 9.17) is 33.7 Å². The van der Waals surface area contributed by atoms with Crippen LogP contribution in [0.15, 0.2) is 23.2 Å². The summed E-state index contributed by atoms with van der Waals surface area (Å²) in [5.74, 6) is 0. The van der Waals surface area contributed by atoms with E-state index in [1.54, 1.807) is 6.07 Å². The number of nitrogens with two attached hydrogens (primary N) is 1. The molecular formula is C13H17Cl2N3O. The number of amidine groups is 1. The number of nitrogens with zero attached hydrogens (tertiary/aromatic N) is 2. The van der Waals surface area contributed by atoms with E-state index in [2.05, 4.69) is 23.7 Å². The van der Waals surface area contributed by atoms with Crippen molar-refractivity contribution >= 4 is 34.9 Å². The molecule has 0 amide bonds.